The minimum absolute atomic E-state index is 0.416. The van der Waals surface area contributed by atoms with E-state index in [0.717, 1.165) is 4.47 Å². The molecular weight excluding hydrogens is 476 g/mol. The van der Waals surface area contributed by atoms with Crippen molar-refractivity contribution in [3.63, 3.8) is 0 Å². The van der Waals surface area contributed by atoms with E-state index in [0.29, 0.717) is 0 Å². The molecule has 1 aliphatic rings. The highest BCUT2D eigenvalue weighted by molar-refractivity contribution is 9.10. The molecule has 0 bridgehead atoms. The summed E-state index contributed by atoms with van der Waals surface area (Å²) in [5, 5.41) is 5.12. The molecule has 0 aliphatic heterocycles. The number of rotatable bonds is 2. The van der Waals surface area contributed by atoms with Crippen LogP contribution in [0.2, 0.25) is 0 Å². The molecule has 0 saturated carbocycles. The Morgan fingerprint density at radius 1 is 0.500 bits per heavy atom. The van der Waals surface area contributed by atoms with Gasteiger partial charge in [-0.3, -0.25) is 0 Å². The maximum atomic E-state index is 3.94. The molecule has 0 radical (unpaired) electrons. The zero-order valence-electron chi connectivity index (χ0n) is 18.5. The maximum Gasteiger partial charge on any atom is 0.0720 e. The molecular formula is C33H21Br. The van der Waals surface area contributed by atoms with Crippen LogP contribution in [0.3, 0.4) is 0 Å². The first kappa shape index (κ1) is 19.8. The van der Waals surface area contributed by atoms with E-state index in [1.807, 2.05) is 0 Å². The standard InChI is InChI=1S/C33H21Br/c34-30-21-29-31(27-18-10-9-17-26(27)30)28-20-19-22-11-7-8-16-25(22)32(28)33(29,23-12-3-1-4-13-23)24-14-5-2-6-15-24/h1-21H. The van der Waals surface area contributed by atoms with Gasteiger partial charge in [0.05, 0.1) is 5.41 Å². The molecule has 0 saturated heterocycles. The lowest BCUT2D eigenvalue weighted by Gasteiger charge is -2.35. The second-order valence-electron chi connectivity index (χ2n) is 9.02. The smallest absolute Gasteiger partial charge is 0.0622 e. The lowest BCUT2D eigenvalue weighted by Crippen LogP contribution is -2.28. The van der Waals surface area contributed by atoms with Crippen molar-refractivity contribution in [3.8, 4) is 11.1 Å². The summed E-state index contributed by atoms with van der Waals surface area (Å²) in [6.45, 7) is 0. The predicted octanol–water partition coefficient (Wildman–Crippen LogP) is 9.12. The normalized spacial score (nSPS) is 13.7. The van der Waals surface area contributed by atoms with Crippen molar-refractivity contribution < 1.29 is 0 Å². The van der Waals surface area contributed by atoms with E-state index in [2.05, 4.69) is 143 Å². The van der Waals surface area contributed by atoms with Gasteiger partial charge in [-0.1, -0.05) is 137 Å². The van der Waals surface area contributed by atoms with Crippen molar-refractivity contribution in [1.29, 1.82) is 0 Å². The van der Waals surface area contributed by atoms with E-state index in [-0.39, 0.29) is 0 Å². The summed E-state index contributed by atoms with van der Waals surface area (Å²) in [6, 6.07) is 46.6. The third kappa shape index (κ3) is 2.53. The van der Waals surface area contributed by atoms with Crippen LogP contribution in [0.1, 0.15) is 22.3 Å². The SMILES string of the molecule is Brc1cc2c(c3ccccc13)-c1ccc3ccccc3c1C2(c1ccccc1)c1ccccc1. The summed E-state index contributed by atoms with van der Waals surface area (Å²) in [5.74, 6) is 0. The largest absolute Gasteiger partial charge is 0.0720 e. The van der Waals surface area contributed by atoms with E-state index < -0.39 is 5.41 Å². The number of halogens is 1. The van der Waals surface area contributed by atoms with Gasteiger partial charge in [0.1, 0.15) is 0 Å². The number of fused-ring (bicyclic) bond motifs is 7. The van der Waals surface area contributed by atoms with Crippen LogP contribution in [0.25, 0.3) is 32.7 Å². The fourth-order valence-corrected chi connectivity index (χ4v) is 6.65. The lowest BCUT2D eigenvalue weighted by atomic mass is 9.66. The molecule has 1 heteroatoms. The van der Waals surface area contributed by atoms with Crippen LogP contribution in [0.4, 0.5) is 0 Å². The van der Waals surface area contributed by atoms with Crippen LogP contribution in [0, 0.1) is 0 Å². The second kappa shape index (κ2) is 7.41. The molecule has 6 aromatic carbocycles. The molecule has 6 aromatic rings. The molecule has 0 aromatic heterocycles. The van der Waals surface area contributed by atoms with Gasteiger partial charge < -0.3 is 0 Å². The summed E-state index contributed by atoms with van der Waals surface area (Å²) < 4.78 is 1.13. The minimum Gasteiger partial charge on any atom is -0.0622 e. The first-order valence-electron chi connectivity index (χ1n) is 11.7. The second-order valence-corrected chi connectivity index (χ2v) is 9.87. The average molecular weight is 497 g/mol. The summed E-state index contributed by atoms with van der Waals surface area (Å²) in [6.07, 6.45) is 0. The highest BCUT2D eigenvalue weighted by atomic mass is 79.9. The quantitative estimate of drug-likeness (QED) is 0.223. The summed E-state index contributed by atoms with van der Waals surface area (Å²) in [5.41, 5.74) is 7.54. The molecule has 160 valence electrons. The summed E-state index contributed by atoms with van der Waals surface area (Å²) >= 11 is 3.94. The Balaban J connectivity index is 1.79. The highest BCUT2D eigenvalue weighted by Crippen LogP contribution is 2.60. The average Bonchev–Trinajstić information content (AvgIpc) is 3.21. The maximum absolute atomic E-state index is 3.94. The van der Waals surface area contributed by atoms with E-state index in [1.54, 1.807) is 0 Å². The van der Waals surface area contributed by atoms with Crippen molar-refractivity contribution in [3.05, 3.63) is 154 Å². The van der Waals surface area contributed by atoms with Gasteiger partial charge in [-0.25, -0.2) is 0 Å². The topological polar surface area (TPSA) is 0 Å². The first-order chi connectivity index (χ1) is 16.8. The highest BCUT2D eigenvalue weighted by Gasteiger charge is 2.47. The Morgan fingerprint density at radius 2 is 1.06 bits per heavy atom. The van der Waals surface area contributed by atoms with Gasteiger partial charge in [-0.15, -0.1) is 0 Å². The zero-order valence-corrected chi connectivity index (χ0v) is 20.1. The first-order valence-corrected chi connectivity index (χ1v) is 12.4. The van der Waals surface area contributed by atoms with Crippen LogP contribution in [-0.4, -0.2) is 0 Å². The molecule has 0 amide bonds. The van der Waals surface area contributed by atoms with Crippen molar-refractivity contribution >= 4 is 37.5 Å². The van der Waals surface area contributed by atoms with Gasteiger partial charge in [0.25, 0.3) is 0 Å². The molecule has 0 fully saturated rings. The molecule has 0 atom stereocenters. The van der Waals surface area contributed by atoms with Crippen LogP contribution < -0.4 is 0 Å². The Kier molecular flexibility index (Phi) is 4.31. The summed E-state index contributed by atoms with van der Waals surface area (Å²) in [4.78, 5) is 0. The van der Waals surface area contributed by atoms with Gasteiger partial charge in [0, 0.05) is 4.47 Å². The lowest BCUT2D eigenvalue weighted by molar-refractivity contribution is 0.775. The summed E-state index contributed by atoms with van der Waals surface area (Å²) in [7, 11) is 0. The fourth-order valence-electron chi connectivity index (χ4n) is 6.08. The van der Waals surface area contributed by atoms with Crippen LogP contribution >= 0.6 is 15.9 Å². The molecule has 0 N–H and O–H groups in total. The van der Waals surface area contributed by atoms with E-state index >= 15 is 0 Å². The molecule has 34 heavy (non-hydrogen) atoms. The van der Waals surface area contributed by atoms with Gasteiger partial charge in [-0.2, -0.15) is 0 Å². The monoisotopic (exact) mass is 496 g/mol. The molecule has 0 heterocycles. The van der Waals surface area contributed by atoms with Gasteiger partial charge in [0.15, 0.2) is 0 Å². The number of hydrogen-bond donors (Lipinski definition) is 0. The van der Waals surface area contributed by atoms with Crippen LogP contribution in [-0.2, 0) is 5.41 Å². The Labute approximate surface area is 207 Å². The molecule has 1 aliphatic carbocycles. The van der Waals surface area contributed by atoms with Crippen molar-refractivity contribution in [2.45, 2.75) is 5.41 Å². The predicted molar refractivity (Wildman–Crippen MR) is 146 cm³/mol. The molecule has 7 rings (SSSR count). The molecule has 0 unspecified atom stereocenters. The number of benzene rings is 6. The Hall–Kier alpha value is -3.68. The minimum atomic E-state index is -0.416. The Bertz CT molecular complexity index is 1660. The van der Waals surface area contributed by atoms with Gasteiger partial charge >= 0.3 is 0 Å². The van der Waals surface area contributed by atoms with E-state index in [4.69, 9.17) is 0 Å². The van der Waals surface area contributed by atoms with Crippen molar-refractivity contribution in [2.24, 2.45) is 0 Å². The fraction of sp³-hybridized carbons (Fsp3) is 0.0303. The van der Waals surface area contributed by atoms with Crippen molar-refractivity contribution in [1.82, 2.24) is 0 Å². The third-order valence-corrected chi connectivity index (χ3v) is 8.04. The zero-order chi connectivity index (χ0) is 22.7. The van der Waals surface area contributed by atoms with E-state index in [9.17, 15) is 0 Å². The Morgan fingerprint density at radius 3 is 1.74 bits per heavy atom. The molecule has 0 nitrogen and oxygen atoms in total. The number of hydrogen-bond acceptors (Lipinski definition) is 0. The third-order valence-electron chi connectivity index (χ3n) is 7.39. The molecule has 0 spiro atoms. The van der Waals surface area contributed by atoms with Gasteiger partial charge in [-0.05, 0) is 61.0 Å². The van der Waals surface area contributed by atoms with Crippen LogP contribution in [0.15, 0.2) is 132 Å². The van der Waals surface area contributed by atoms with E-state index in [1.165, 1.54) is 54.9 Å². The van der Waals surface area contributed by atoms with Crippen molar-refractivity contribution in [2.75, 3.05) is 0 Å². The van der Waals surface area contributed by atoms with Crippen LogP contribution in [0.5, 0.6) is 0 Å². The van der Waals surface area contributed by atoms with Gasteiger partial charge in [0.2, 0.25) is 0 Å².